The van der Waals surface area contributed by atoms with Crippen molar-refractivity contribution in [3.63, 3.8) is 0 Å². The van der Waals surface area contributed by atoms with Gasteiger partial charge in [0.2, 0.25) is 0 Å². The minimum Gasteiger partial charge on any atom is -0.465 e. The van der Waals surface area contributed by atoms with Crippen molar-refractivity contribution < 1.29 is 14.6 Å². The van der Waals surface area contributed by atoms with Gasteiger partial charge in [0.25, 0.3) is 0 Å². The van der Waals surface area contributed by atoms with Crippen LogP contribution in [0.1, 0.15) is 21.5 Å². The van der Waals surface area contributed by atoms with E-state index in [0.717, 1.165) is 0 Å². The van der Waals surface area contributed by atoms with Crippen molar-refractivity contribution >= 4 is 18.6 Å². The third-order valence-electron chi connectivity index (χ3n) is 1.88. The van der Waals surface area contributed by atoms with Crippen LogP contribution in [0.2, 0.25) is 0 Å². The van der Waals surface area contributed by atoms with Gasteiger partial charge in [-0.25, -0.2) is 4.79 Å². The number of methoxy groups -OCH3 is 1. The Labute approximate surface area is 92.5 Å². The zero-order valence-corrected chi connectivity index (χ0v) is 8.91. The molecule has 1 N–H and O–H groups in total. The molecule has 0 aliphatic carbocycles. The predicted molar refractivity (Wildman–Crippen MR) is 55.7 cm³/mol. The van der Waals surface area contributed by atoms with Gasteiger partial charge in [-0.15, -0.1) is 12.6 Å². The molecule has 1 aromatic carbocycles. The topological polar surface area (TPSA) is 70.3 Å². The van der Waals surface area contributed by atoms with Crippen LogP contribution >= 0.6 is 12.6 Å². The normalized spacial score (nSPS) is 9.47. The molecule has 0 bridgehead atoms. The number of hydrogen-bond acceptors (Lipinski definition) is 5. The third kappa shape index (κ3) is 2.29. The third-order valence-corrected chi connectivity index (χ3v) is 2.36. The molecule has 0 spiro atoms. The van der Waals surface area contributed by atoms with Crippen molar-refractivity contribution in [2.45, 2.75) is 11.5 Å². The molecule has 0 radical (unpaired) electrons. The maximum atomic E-state index is 11.3. The van der Waals surface area contributed by atoms with Gasteiger partial charge in [-0.3, -0.25) is 0 Å². The first kappa shape index (κ1) is 11.6. The van der Waals surface area contributed by atoms with Gasteiger partial charge in [0.05, 0.1) is 24.8 Å². The average Bonchev–Trinajstić information content (AvgIpc) is 2.28. The Hall–Kier alpha value is -1.51. The van der Waals surface area contributed by atoms with Crippen LogP contribution in [-0.4, -0.2) is 18.2 Å². The lowest BCUT2D eigenvalue weighted by molar-refractivity contribution is 0.0596. The zero-order valence-electron chi connectivity index (χ0n) is 8.02. The Kier molecular flexibility index (Phi) is 3.72. The van der Waals surface area contributed by atoms with E-state index in [4.69, 9.17) is 10.4 Å². The number of ether oxygens (including phenoxy) is 1. The van der Waals surface area contributed by atoms with Crippen molar-refractivity contribution in [1.82, 2.24) is 0 Å². The Bertz CT molecular complexity index is 437. The smallest absolute Gasteiger partial charge is 0.339 e. The molecule has 0 fully saturated rings. The summed E-state index contributed by atoms with van der Waals surface area (Å²) in [7, 11) is 1.24. The van der Waals surface area contributed by atoms with E-state index < -0.39 is 5.97 Å². The molecule has 0 unspecified atom stereocenters. The molecule has 0 aliphatic rings. The first-order chi connectivity index (χ1) is 7.13. The molecule has 0 atom stereocenters. The van der Waals surface area contributed by atoms with E-state index in [-0.39, 0.29) is 22.6 Å². The highest BCUT2D eigenvalue weighted by atomic mass is 32.1. The van der Waals surface area contributed by atoms with E-state index >= 15 is 0 Å². The second kappa shape index (κ2) is 4.82. The van der Waals surface area contributed by atoms with Crippen LogP contribution in [0.4, 0.5) is 0 Å². The summed E-state index contributed by atoms with van der Waals surface area (Å²) in [5.74, 6) is -0.577. The van der Waals surface area contributed by atoms with Crippen LogP contribution in [0, 0.1) is 11.3 Å². The summed E-state index contributed by atoms with van der Waals surface area (Å²) in [5, 5.41) is 17.7. The van der Waals surface area contributed by atoms with E-state index in [9.17, 15) is 4.79 Å². The second-order valence-electron chi connectivity index (χ2n) is 2.80. The summed E-state index contributed by atoms with van der Waals surface area (Å²) in [6.45, 7) is -0.243. The van der Waals surface area contributed by atoms with Gasteiger partial charge in [-0.05, 0) is 17.7 Å². The predicted octanol–water partition coefficient (Wildman–Crippen LogP) is 1.13. The highest BCUT2D eigenvalue weighted by molar-refractivity contribution is 7.80. The van der Waals surface area contributed by atoms with Crippen molar-refractivity contribution in [2.24, 2.45) is 0 Å². The molecule has 15 heavy (non-hydrogen) atoms. The van der Waals surface area contributed by atoms with E-state index in [2.05, 4.69) is 17.4 Å². The summed E-state index contributed by atoms with van der Waals surface area (Å²) >= 11 is 4.07. The van der Waals surface area contributed by atoms with Gasteiger partial charge in [-0.1, -0.05) is 0 Å². The van der Waals surface area contributed by atoms with Crippen LogP contribution in [0.5, 0.6) is 0 Å². The number of aliphatic hydroxyl groups is 1. The monoisotopic (exact) mass is 223 g/mol. The van der Waals surface area contributed by atoms with Gasteiger partial charge in [0.1, 0.15) is 6.07 Å². The lowest BCUT2D eigenvalue weighted by atomic mass is 10.1. The number of carbonyl (C=O) groups excluding carboxylic acids is 1. The summed E-state index contributed by atoms with van der Waals surface area (Å²) in [6, 6.07) is 4.83. The minimum absolute atomic E-state index is 0.184. The van der Waals surface area contributed by atoms with Gasteiger partial charge in [0.15, 0.2) is 0 Å². The number of hydrogen-bond donors (Lipinski definition) is 2. The molecule has 0 aromatic heterocycles. The number of benzene rings is 1. The Morgan fingerprint density at radius 2 is 2.33 bits per heavy atom. The molecule has 0 saturated heterocycles. The molecule has 0 amide bonds. The maximum absolute atomic E-state index is 11.3. The molecule has 78 valence electrons. The van der Waals surface area contributed by atoms with Crippen LogP contribution in [0.25, 0.3) is 0 Å². The summed E-state index contributed by atoms with van der Waals surface area (Å²) < 4.78 is 4.54. The molecule has 1 aromatic rings. The number of nitrogens with zero attached hydrogens (tertiary/aromatic N) is 1. The van der Waals surface area contributed by atoms with Gasteiger partial charge >= 0.3 is 5.97 Å². The second-order valence-corrected chi connectivity index (χ2v) is 3.25. The maximum Gasteiger partial charge on any atom is 0.339 e. The molecule has 1 rings (SSSR count). The van der Waals surface area contributed by atoms with Gasteiger partial charge in [-0.2, -0.15) is 5.26 Å². The number of thiol groups is 1. The quantitative estimate of drug-likeness (QED) is 0.582. The molecule has 4 nitrogen and oxygen atoms in total. The fraction of sp³-hybridized carbons (Fsp3) is 0.200. The lowest BCUT2D eigenvalue weighted by Gasteiger charge is -2.06. The Morgan fingerprint density at radius 1 is 1.67 bits per heavy atom. The largest absolute Gasteiger partial charge is 0.465 e. The van der Waals surface area contributed by atoms with Crippen molar-refractivity contribution in [1.29, 1.82) is 5.26 Å². The number of nitriles is 1. The highest BCUT2D eigenvalue weighted by Gasteiger charge is 2.14. The van der Waals surface area contributed by atoms with E-state index in [1.807, 2.05) is 6.07 Å². The fourth-order valence-electron chi connectivity index (χ4n) is 1.14. The molecule has 0 heterocycles. The minimum atomic E-state index is -0.577. The van der Waals surface area contributed by atoms with E-state index in [1.54, 1.807) is 0 Å². The van der Waals surface area contributed by atoms with Gasteiger partial charge in [0, 0.05) is 4.90 Å². The van der Waals surface area contributed by atoms with Gasteiger partial charge < -0.3 is 9.84 Å². The van der Waals surface area contributed by atoms with Crippen molar-refractivity contribution in [2.75, 3.05) is 7.11 Å². The van der Waals surface area contributed by atoms with Crippen LogP contribution in [0.15, 0.2) is 17.0 Å². The summed E-state index contributed by atoms with van der Waals surface area (Å²) in [4.78, 5) is 11.6. The molecule has 0 aliphatic heterocycles. The molecular formula is C10H9NO3S. The Balaban J connectivity index is 3.38. The standard InChI is InChI=1S/C10H9NO3S/c1-14-10(13)8-3-6(5-12)2-7(4-11)9(8)15/h2-3,12,15H,5H2,1H3. The fourth-order valence-corrected chi connectivity index (χ4v) is 1.41. The highest BCUT2D eigenvalue weighted by Crippen LogP contribution is 2.22. The zero-order chi connectivity index (χ0) is 11.4. The average molecular weight is 223 g/mol. The van der Waals surface area contributed by atoms with E-state index in [0.29, 0.717) is 5.56 Å². The van der Waals surface area contributed by atoms with Crippen molar-refractivity contribution in [3.05, 3.63) is 28.8 Å². The lowest BCUT2D eigenvalue weighted by Crippen LogP contribution is -2.05. The Morgan fingerprint density at radius 3 is 2.80 bits per heavy atom. The number of rotatable bonds is 2. The van der Waals surface area contributed by atoms with Crippen LogP contribution in [-0.2, 0) is 11.3 Å². The number of carbonyl (C=O) groups is 1. The van der Waals surface area contributed by atoms with E-state index in [1.165, 1.54) is 19.2 Å². The first-order valence-electron chi connectivity index (χ1n) is 4.09. The molecular weight excluding hydrogens is 214 g/mol. The van der Waals surface area contributed by atoms with Crippen LogP contribution < -0.4 is 0 Å². The molecule has 5 heteroatoms. The SMILES string of the molecule is COC(=O)c1cc(CO)cc(C#N)c1S. The van der Waals surface area contributed by atoms with Crippen molar-refractivity contribution in [3.8, 4) is 6.07 Å². The number of esters is 1. The number of aliphatic hydroxyl groups excluding tert-OH is 1. The first-order valence-corrected chi connectivity index (χ1v) is 4.54. The summed E-state index contributed by atoms with van der Waals surface area (Å²) in [6.07, 6.45) is 0. The summed E-state index contributed by atoms with van der Waals surface area (Å²) in [5.41, 5.74) is 0.902. The van der Waals surface area contributed by atoms with Crippen LogP contribution in [0.3, 0.4) is 0 Å². The molecule has 0 saturated carbocycles.